The Labute approximate surface area is 191 Å². The first-order valence-corrected chi connectivity index (χ1v) is 10.5. The molecule has 0 spiro atoms. The van der Waals surface area contributed by atoms with Crippen LogP contribution in [0.25, 0.3) is 22.2 Å². The van der Waals surface area contributed by atoms with Crippen molar-refractivity contribution in [3.63, 3.8) is 0 Å². The van der Waals surface area contributed by atoms with Gasteiger partial charge in [-0.25, -0.2) is 0 Å². The molecule has 0 saturated heterocycles. The van der Waals surface area contributed by atoms with Gasteiger partial charge in [-0.15, -0.1) is 0 Å². The fourth-order valence-electron chi connectivity index (χ4n) is 3.60. The van der Waals surface area contributed by atoms with Crippen molar-refractivity contribution in [2.24, 2.45) is 0 Å². The summed E-state index contributed by atoms with van der Waals surface area (Å²) in [4.78, 5) is 0. The first kappa shape index (κ1) is 25.4. The fourth-order valence-corrected chi connectivity index (χ4v) is 3.60. The predicted molar refractivity (Wildman–Crippen MR) is 117 cm³/mol. The number of benzene rings is 2. The van der Waals surface area contributed by atoms with Crippen LogP contribution in [0.1, 0.15) is 30.7 Å². The van der Waals surface area contributed by atoms with E-state index < -0.39 is 23.5 Å². The molecule has 0 radical (unpaired) electrons. The van der Waals surface area contributed by atoms with Gasteiger partial charge in [-0.05, 0) is 36.8 Å². The van der Waals surface area contributed by atoms with Gasteiger partial charge < -0.3 is 9.67 Å². The Morgan fingerprint density at radius 1 is 0.882 bits per heavy atom. The molecule has 34 heavy (non-hydrogen) atoms. The molecule has 182 valence electrons. The maximum atomic E-state index is 13.0. The highest BCUT2D eigenvalue weighted by Crippen LogP contribution is 2.50. The van der Waals surface area contributed by atoms with E-state index in [2.05, 4.69) is 10.2 Å². The molecule has 4 nitrogen and oxygen atoms in total. The summed E-state index contributed by atoms with van der Waals surface area (Å²) >= 11 is 0. The van der Waals surface area contributed by atoms with Gasteiger partial charge in [-0.1, -0.05) is 44.2 Å². The minimum Gasteiger partial charge on any atom is -0.369 e. The third kappa shape index (κ3) is 4.54. The Kier molecular flexibility index (Phi) is 6.84. The minimum atomic E-state index is -5.91. The summed E-state index contributed by atoms with van der Waals surface area (Å²) in [5.41, 5.74) is -2.28. The van der Waals surface area contributed by atoms with E-state index in [1.807, 2.05) is 55.7 Å². The second kappa shape index (κ2) is 9.17. The van der Waals surface area contributed by atoms with Gasteiger partial charge in [-0.3, -0.25) is 5.10 Å². The lowest BCUT2D eigenvalue weighted by Crippen LogP contribution is -2.53. The molecule has 0 atom stereocenters. The lowest BCUT2D eigenvalue weighted by molar-refractivity contribution is -0.376. The third-order valence-corrected chi connectivity index (χ3v) is 5.32. The normalized spacial score (nSPS) is 12.5. The average Bonchev–Trinajstić information content (AvgIpc) is 3.39. The van der Waals surface area contributed by atoms with Gasteiger partial charge in [0.05, 0.1) is 5.69 Å². The Morgan fingerprint density at radius 2 is 1.50 bits per heavy atom. The fraction of sp³-hybridized carbons (Fsp3) is 0.292. The third-order valence-electron chi connectivity index (χ3n) is 5.32. The zero-order valence-corrected chi connectivity index (χ0v) is 18.6. The van der Waals surface area contributed by atoms with Gasteiger partial charge in [0.25, 0.3) is 5.60 Å². The van der Waals surface area contributed by atoms with E-state index in [-0.39, 0.29) is 6.54 Å². The summed E-state index contributed by atoms with van der Waals surface area (Å²) in [5.74, 6) is 0. The van der Waals surface area contributed by atoms with Crippen molar-refractivity contribution in [2.75, 3.05) is 0 Å². The van der Waals surface area contributed by atoms with E-state index in [0.29, 0.717) is 17.7 Å². The van der Waals surface area contributed by atoms with Crippen LogP contribution in [0.5, 0.6) is 0 Å². The van der Waals surface area contributed by atoms with E-state index in [9.17, 15) is 31.4 Å². The molecule has 4 rings (SSSR count). The summed E-state index contributed by atoms with van der Waals surface area (Å²) < 4.78 is 80.1. The van der Waals surface area contributed by atoms with Crippen LogP contribution in [0, 0.1) is 6.92 Å². The van der Waals surface area contributed by atoms with E-state index >= 15 is 0 Å². The summed E-state index contributed by atoms with van der Waals surface area (Å²) in [7, 11) is 0. The molecule has 0 aliphatic carbocycles. The second-order valence-corrected chi connectivity index (χ2v) is 7.56. The molecule has 2 N–H and O–H groups in total. The number of hydrogen-bond acceptors (Lipinski definition) is 2. The number of rotatable bonds is 4. The standard InChI is InChI=1S/C22H17F6N3O.C2H6/c1-13-10-18(30-29-13)15-4-7-19-16(11-15)8-9-31(19)12-14-2-5-17(6-3-14)20(32,21(23,24)25)22(26,27)28;1-2/h2-11,32H,12H2,1H3,(H,29,30);1-2H3. The van der Waals surface area contributed by atoms with Crippen LogP contribution in [0.2, 0.25) is 0 Å². The number of alkyl halides is 6. The lowest BCUT2D eigenvalue weighted by Gasteiger charge is -2.32. The quantitative estimate of drug-likeness (QED) is 0.317. The second-order valence-electron chi connectivity index (χ2n) is 7.56. The number of aliphatic hydroxyl groups is 1. The van der Waals surface area contributed by atoms with Crippen molar-refractivity contribution >= 4 is 10.9 Å². The first-order valence-electron chi connectivity index (χ1n) is 10.5. The number of aromatic nitrogens is 3. The van der Waals surface area contributed by atoms with Gasteiger partial charge in [-0.2, -0.15) is 31.4 Å². The van der Waals surface area contributed by atoms with Crippen molar-refractivity contribution in [3.8, 4) is 11.3 Å². The Bertz CT molecular complexity index is 1240. The van der Waals surface area contributed by atoms with Crippen molar-refractivity contribution < 1.29 is 31.4 Å². The lowest BCUT2D eigenvalue weighted by atomic mass is 9.91. The van der Waals surface area contributed by atoms with Crippen LogP contribution in [0.3, 0.4) is 0 Å². The maximum Gasteiger partial charge on any atom is 0.430 e. The Balaban J connectivity index is 0.00000158. The van der Waals surface area contributed by atoms with E-state index in [4.69, 9.17) is 0 Å². The Morgan fingerprint density at radius 3 is 2.03 bits per heavy atom. The van der Waals surface area contributed by atoms with Crippen LogP contribution >= 0.6 is 0 Å². The number of hydrogen-bond donors (Lipinski definition) is 2. The highest BCUT2D eigenvalue weighted by Gasteiger charge is 2.71. The molecule has 2 aromatic carbocycles. The van der Waals surface area contributed by atoms with Crippen molar-refractivity contribution in [2.45, 2.75) is 45.3 Å². The molecular formula is C24H23F6N3O. The summed E-state index contributed by atoms with van der Waals surface area (Å²) in [6.07, 6.45) is -10.0. The van der Waals surface area contributed by atoms with Crippen LogP contribution in [0.4, 0.5) is 26.3 Å². The van der Waals surface area contributed by atoms with Crippen molar-refractivity contribution in [3.05, 3.63) is 77.6 Å². The highest BCUT2D eigenvalue weighted by molar-refractivity contribution is 5.85. The topological polar surface area (TPSA) is 53.8 Å². The monoisotopic (exact) mass is 483 g/mol. The first-order chi connectivity index (χ1) is 15.9. The van der Waals surface area contributed by atoms with E-state index in [0.717, 1.165) is 40.0 Å². The Hall–Kier alpha value is -3.27. The van der Waals surface area contributed by atoms with Crippen LogP contribution < -0.4 is 0 Å². The number of aryl methyl sites for hydroxylation is 1. The van der Waals surface area contributed by atoms with Gasteiger partial charge >= 0.3 is 12.4 Å². The van der Waals surface area contributed by atoms with Crippen LogP contribution in [-0.2, 0) is 12.1 Å². The van der Waals surface area contributed by atoms with E-state index in [1.54, 1.807) is 6.20 Å². The molecule has 0 amide bonds. The highest BCUT2D eigenvalue weighted by atomic mass is 19.4. The van der Waals surface area contributed by atoms with E-state index in [1.165, 1.54) is 0 Å². The van der Waals surface area contributed by atoms with Crippen molar-refractivity contribution in [1.82, 2.24) is 14.8 Å². The minimum absolute atomic E-state index is 0.223. The molecule has 2 heterocycles. The molecule has 2 aromatic heterocycles. The van der Waals surface area contributed by atoms with Gasteiger partial charge in [0, 0.05) is 40.5 Å². The number of H-pyrrole nitrogens is 1. The molecule has 0 unspecified atom stereocenters. The van der Waals surface area contributed by atoms with Crippen LogP contribution in [0.15, 0.2) is 60.8 Å². The smallest absolute Gasteiger partial charge is 0.369 e. The van der Waals surface area contributed by atoms with Crippen molar-refractivity contribution in [1.29, 1.82) is 0 Å². The molecule has 0 saturated carbocycles. The number of fused-ring (bicyclic) bond motifs is 1. The summed E-state index contributed by atoms with van der Waals surface area (Å²) in [6.45, 7) is 6.11. The zero-order chi connectivity index (χ0) is 25.3. The summed E-state index contributed by atoms with van der Waals surface area (Å²) in [6, 6.07) is 13.0. The molecular weight excluding hydrogens is 460 g/mol. The molecule has 0 fully saturated rings. The molecule has 4 aromatic rings. The largest absolute Gasteiger partial charge is 0.430 e. The zero-order valence-electron chi connectivity index (χ0n) is 18.6. The SMILES string of the molecule is CC.Cc1cc(-c2ccc3c(ccn3Cc3ccc(C(O)(C(F)(F)F)C(F)(F)F)cc3)c2)n[nH]1. The maximum absolute atomic E-state index is 13.0. The van der Waals surface area contributed by atoms with Gasteiger partial charge in [0.15, 0.2) is 0 Å². The van der Waals surface area contributed by atoms with Gasteiger partial charge in [0.2, 0.25) is 0 Å². The molecule has 0 aliphatic rings. The molecule has 0 bridgehead atoms. The number of aromatic amines is 1. The number of halogens is 6. The number of nitrogens with one attached hydrogen (secondary N) is 1. The molecule has 0 aliphatic heterocycles. The van der Waals surface area contributed by atoms with Gasteiger partial charge in [0.1, 0.15) is 0 Å². The van der Waals surface area contributed by atoms with Crippen LogP contribution in [-0.4, -0.2) is 32.2 Å². The molecule has 10 heteroatoms. The summed E-state index contributed by atoms with van der Waals surface area (Å²) in [5, 5.41) is 17.5. The predicted octanol–water partition coefficient (Wildman–Crippen LogP) is 6.73. The number of nitrogens with zero attached hydrogens (tertiary/aromatic N) is 2. The average molecular weight is 483 g/mol.